The van der Waals surface area contributed by atoms with Gasteiger partial charge in [0.25, 0.3) is 0 Å². The SMILES string of the molecule is Cc1ccnc(-c2c(C)ccc3c2oc2ncc4c(c23)C(C)(C)c2ccccc2-4)c1. The van der Waals surface area contributed by atoms with Gasteiger partial charge in [-0.2, -0.15) is 0 Å². The smallest absolute Gasteiger partial charge is 0.227 e. The second-order valence-corrected chi connectivity index (χ2v) is 8.85. The zero-order chi connectivity index (χ0) is 20.6. The molecule has 0 fully saturated rings. The summed E-state index contributed by atoms with van der Waals surface area (Å²) in [4.78, 5) is 9.39. The molecule has 6 rings (SSSR count). The first-order valence-corrected chi connectivity index (χ1v) is 10.3. The summed E-state index contributed by atoms with van der Waals surface area (Å²) < 4.78 is 6.43. The van der Waals surface area contributed by atoms with E-state index in [1.165, 1.54) is 27.8 Å². The van der Waals surface area contributed by atoms with Gasteiger partial charge in [-0.3, -0.25) is 4.98 Å². The van der Waals surface area contributed by atoms with E-state index in [1.807, 2.05) is 18.5 Å². The lowest BCUT2D eigenvalue weighted by Gasteiger charge is -2.22. The maximum absolute atomic E-state index is 6.43. The molecule has 0 bridgehead atoms. The zero-order valence-corrected chi connectivity index (χ0v) is 17.6. The van der Waals surface area contributed by atoms with Gasteiger partial charge in [0, 0.05) is 34.3 Å². The van der Waals surface area contributed by atoms with Crippen molar-refractivity contribution in [2.75, 3.05) is 0 Å². The van der Waals surface area contributed by atoms with Crippen LogP contribution in [-0.4, -0.2) is 9.97 Å². The van der Waals surface area contributed by atoms with Crippen molar-refractivity contribution in [2.24, 2.45) is 0 Å². The van der Waals surface area contributed by atoms with Crippen molar-refractivity contribution in [3.05, 3.63) is 83.2 Å². The van der Waals surface area contributed by atoms with E-state index in [0.29, 0.717) is 5.71 Å². The average molecular weight is 390 g/mol. The molecule has 1 aliphatic rings. The molecule has 30 heavy (non-hydrogen) atoms. The molecule has 0 saturated heterocycles. The van der Waals surface area contributed by atoms with Crippen LogP contribution in [0.2, 0.25) is 0 Å². The van der Waals surface area contributed by atoms with Gasteiger partial charge in [-0.25, -0.2) is 4.98 Å². The predicted octanol–water partition coefficient (Wildman–Crippen LogP) is 6.97. The van der Waals surface area contributed by atoms with Crippen LogP contribution in [0.15, 0.2) is 65.3 Å². The fourth-order valence-electron chi connectivity index (χ4n) is 5.14. The predicted molar refractivity (Wildman–Crippen MR) is 122 cm³/mol. The van der Waals surface area contributed by atoms with Crippen LogP contribution in [-0.2, 0) is 5.41 Å². The van der Waals surface area contributed by atoms with Gasteiger partial charge in [-0.05, 0) is 53.8 Å². The van der Waals surface area contributed by atoms with E-state index < -0.39 is 0 Å². The highest BCUT2D eigenvalue weighted by Crippen LogP contribution is 2.52. The van der Waals surface area contributed by atoms with E-state index in [4.69, 9.17) is 9.40 Å². The third-order valence-electron chi connectivity index (χ3n) is 6.57. The van der Waals surface area contributed by atoms with Crippen molar-refractivity contribution in [2.45, 2.75) is 33.1 Å². The van der Waals surface area contributed by atoms with Crippen LogP contribution in [0.3, 0.4) is 0 Å². The number of hydrogen-bond donors (Lipinski definition) is 0. The molecule has 3 heterocycles. The Kier molecular flexibility index (Phi) is 3.36. The van der Waals surface area contributed by atoms with E-state index in [2.05, 4.69) is 75.1 Å². The van der Waals surface area contributed by atoms with Gasteiger partial charge in [-0.1, -0.05) is 50.2 Å². The quantitative estimate of drug-likeness (QED) is 0.310. The molecule has 3 aromatic heterocycles. The topological polar surface area (TPSA) is 38.9 Å². The van der Waals surface area contributed by atoms with Crippen molar-refractivity contribution in [1.29, 1.82) is 0 Å². The Morgan fingerprint density at radius 2 is 1.73 bits per heavy atom. The lowest BCUT2D eigenvalue weighted by Crippen LogP contribution is -2.15. The van der Waals surface area contributed by atoms with Crippen LogP contribution in [0.5, 0.6) is 0 Å². The Labute approximate surface area is 175 Å². The molecule has 1 aliphatic carbocycles. The first-order valence-electron chi connectivity index (χ1n) is 10.3. The number of aryl methyl sites for hydroxylation is 2. The molecular formula is C27H22N2O. The lowest BCUT2D eigenvalue weighted by atomic mass is 9.81. The van der Waals surface area contributed by atoms with E-state index in [1.54, 1.807) is 0 Å². The van der Waals surface area contributed by atoms with Gasteiger partial charge >= 0.3 is 0 Å². The van der Waals surface area contributed by atoms with Crippen LogP contribution >= 0.6 is 0 Å². The number of nitrogens with zero attached hydrogens (tertiary/aromatic N) is 2. The van der Waals surface area contributed by atoms with Crippen molar-refractivity contribution in [3.63, 3.8) is 0 Å². The summed E-state index contributed by atoms with van der Waals surface area (Å²) in [5.74, 6) is 0. The van der Waals surface area contributed by atoms with Crippen LogP contribution < -0.4 is 0 Å². The summed E-state index contributed by atoms with van der Waals surface area (Å²) in [5, 5.41) is 2.23. The summed E-state index contributed by atoms with van der Waals surface area (Å²) in [6.45, 7) is 8.80. The summed E-state index contributed by atoms with van der Waals surface area (Å²) in [6, 6.07) is 17.1. The number of hydrogen-bond acceptors (Lipinski definition) is 3. The maximum atomic E-state index is 6.43. The molecule has 146 valence electrons. The second-order valence-electron chi connectivity index (χ2n) is 8.85. The minimum atomic E-state index is -0.115. The number of furan rings is 1. The minimum Gasteiger partial charge on any atom is -0.437 e. The Morgan fingerprint density at radius 3 is 2.57 bits per heavy atom. The Bertz CT molecular complexity index is 1490. The largest absolute Gasteiger partial charge is 0.437 e. The molecule has 3 nitrogen and oxygen atoms in total. The number of benzene rings is 2. The second kappa shape index (κ2) is 5.79. The van der Waals surface area contributed by atoms with Gasteiger partial charge in [0.2, 0.25) is 5.71 Å². The van der Waals surface area contributed by atoms with Gasteiger partial charge < -0.3 is 4.42 Å². The number of pyridine rings is 2. The fourth-order valence-corrected chi connectivity index (χ4v) is 5.14. The Balaban J connectivity index is 1.75. The van der Waals surface area contributed by atoms with Crippen LogP contribution in [0.1, 0.15) is 36.1 Å². The lowest BCUT2D eigenvalue weighted by molar-refractivity contribution is 0.646. The van der Waals surface area contributed by atoms with Gasteiger partial charge in [0.15, 0.2) is 0 Å². The summed E-state index contributed by atoms with van der Waals surface area (Å²) in [5.41, 5.74) is 10.9. The Hall–Kier alpha value is -3.46. The maximum Gasteiger partial charge on any atom is 0.227 e. The summed E-state index contributed by atoms with van der Waals surface area (Å²) in [7, 11) is 0. The standard InChI is InChI=1S/C27H22N2O/c1-15-11-12-28-21(13-15)22-16(2)9-10-18-23-24-19(14-29-26(23)30-25(18)22)17-7-5-6-8-20(17)27(24,3)4/h5-14H,1-4H3. The molecule has 3 heteroatoms. The van der Waals surface area contributed by atoms with E-state index in [-0.39, 0.29) is 5.41 Å². The average Bonchev–Trinajstić information content (AvgIpc) is 3.21. The fraction of sp³-hybridized carbons (Fsp3) is 0.185. The number of rotatable bonds is 1. The van der Waals surface area contributed by atoms with Crippen LogP contribution in [0, 0.1) is 13.8 Å². The molecular weight excluding hydrogens is 368 g/mol. The van der Waals surface area contributed by atoms with Crippen LogP contribution in [0.4, 0.5) is 0 Å². The van der Waals surface area contributed by atoms with Crippen molar-refractivity contribution in [1.82, 2.24) is 9.97 Å². The van der Waals surface area contributed by atoms with Gasteiger partial charge in [0.1, 0.15) is 5.58 Å². The molecule has 0 amide bonds. The highest BCUT2D eigenvalue weighted by Gasteiger charge is 2.38. The number of fused-ring (bicyclic) bond motifs is 7. The Morgan fingerprint density at radius 1 is 0.900 bits per heavy atom. The third-order valence-corrected chi connectivity index (χ3v) is 6.57. The zero-order valence-electron chi connectivity index (χ0n) is 17.6. The van der Waals surface area contributed by atoms with Gasteiger partial charge in [0.05, 0.1) is 11.1 Å². The molecule has 0 atom stereocenters. The third kappa shape index (κ3) is 2.15. The first-order chi connectivity index (χ1) is 14.5. The van der Waals surface area contributed by atoms with Crippen molar-refractivity contribution < 1.29 is 4.42 Å². The van der Waals surface area contributed by atoms with Crippen molar-refractivity contribution >= 4 is 22.1 Å². The molecule has 2 aromatic carbocycles. The van der Waals surface area contributed by atoms with Crippen LogP contribution in [0.25, 0.3) is 44.5 Å². The van der Waals surface area contributed by atoms with E-state index in [9.17, 15) is 0 Å². The molecule has 5 aromatic rings. The van der Waals surface area contributed by atoms with Crippen molar-refractivity contribution in [3.8, 4) is 22.4 Å². The highest BCUT2D eigenvalue weighted by atomic mass is 16.3. The molecule has 0 N–H and O–H groups in total. The first kappa shape index (κ1) is 17.4. The molecule has 0 spiro atoms. The molecule has 0 aliphatic heterocycles. The highest BCUT2D eigenvalue weighted by molar-refractivity contribution is 6.13. The van der Waals surface area contributed by atoms with E-state index in [0.717, 1.165) is 33.2 Å². The van der Waals surface area contributed by atoms with Gasteiger partial charge in [-0.15, -0.1) is 0 Å². The monoisotopic (exact) mass is 390 g/mol. The summed E-state index contributed by atoms with van der Waals surface area (Å²) in [6.07, 6.45) is 3.84. The molecule has 0 radical (unpaired) electrons. The number of aromatic nitrogens is 2. The molecule has 0 unspecified atom stereocenters. The summed E-state index contributed by atoms with van der Waals surface area (Å²) >= 11 is 0. The normalized spacial score (nSPS) is 14.3. The molecule has 0 saturated carbocycles. The van der Waals surface area contributed by atoms with E-state index >= 15 is 0 Å². The minimum absolute atomic E-state index is 0.115.